The molecule has 140 valence electrons. The molecule has 2 aromatic carbocycles. The zero-order valence-electron chi connectivity index (χ0n) is 15.0. The number of furan rings is 1. The van der Waals surface area contributed by atoms with Crippen LogP contribution in [0.5, 0.6) is 0 Å². The van der Waals surface area contributed by atoms with E-state index in [1.165, 1.54) is 18.7 Å². The van der Waals surface area contributed by atoms with E-state index >= 15 is 0 Å². The maximum absolute atomic E-state index is 13.8. The fourth-order valence-electron chi connectivity index (χ4n) is 3.31. The van der Waals surface area contributed by atoms with Crippen molar-refractivity contribution in [3.05, 3.63) is 59.4 Å². The highest BCUT2D eigenvalue weighted by Gasteiger charge is 2.18. The highest BCUT2D eigenvalue weighted by atomic mass is 19.1. The van der Waals surface area contributed by atoms with Crippen LogP contribution in [0, 0.1) is 5.82 Å². The highest BCUT2D eigenvalue weighted by Crippen LogP contribution is 2.31. The fraction of sp³-hybridized carbons (Fsp3) is 0.286. The minimum atomic E-state index is -0.624. The van der Waals surface area contributed by atoms with E-state index in [-0.39, 0.29) is 5.56 Å². The third-order valence-corrected chi connectivity index (χ3v) is 4.73. The number of fused-ring (bicyclic) bond motifs is 1. The van der Waals surface area contributed by atoms with Crippen LogP contribution in [0.1, 0.15) is 15.9 Å². The van der Waals surface area contributed by atoms with Crippen molar-refractivity contribution in [1.29, 1.82) is 0 Å². The Balaban J connectivity index is 1.61. The summed E-state index contributed by atoms with van der Waals surface area (Å²) >= 11 is 0. The lowest BCUT2D eigenvalue weighted by Crippen LogP contribution is -2.35. The van der Waals surface area contributed by atoms with Crippen molar-refractivity contribution in [3.63, 3.8) is 0 Å². The molecule has 5 nitrogen and oxygen atoms in total. The zero-order valence-corrected chi connectivity index (χ0v) is 15.0. The second-order valence-electron chi connectivity index (χ2n) is 6.56. The predicted octanol–water partition coefficient (Wildman–Crippen LogP) is 3.86. The Kier molecular flexibility index (Phi) is 4.92. The normalized spacial score (nSPS) is 15.2. The SMILES string of the molecule is COC(=O)c1cc(F)cc2cc(-c3ccc(CN4CCOCC4)cc3)oc12. The summed E-state index contributed by atoms with van der Waals surface area (Å²) < 4.78 is 29.8. The number of hydrogen-bond acceptors (Lipinski definition) is 5. The summed E-state index contributed by atoms with van der Waals surface area (Å²) in [5.74, 6) is -0.545. The molecule has 0 saturated carbocycles. The van der Waals surface area contributed by atoms with Crippen LogP contribution in [0.4, 0.5) is 4.39 Å². The summed E-state index contributed by atoms with van der Waals surface area (Å²) in [5.41, 5.74) is 2.49. The number of morpholine rings is 1. The number of halogens is 1. The number of nitrogens with zero attached hydrogens (tertiary/aromatic N) is 1. The van der Waals surface area contributed by atoms with Gasteiger partial charge < -0.3 is 13.9 Å². The summed E-state index contributed by atoms with van der Waals surface area (Å²) in [5, 5.41) is 0.530. The van der Waals surface area contributed by atoms with Crippen LogP contribution in [-0.4, -0.2) is 44.3 Å². The van der Waals surface area contributed by atoms with Crippen molar-refractivity contribution in [3.8, 4) is 11.3 Å². The van der Waals surface area contributed by atoms with Gasteiger partial charge in [0.1, 0.15) is 22.7 Å². The Morgan fingerprint density at radius 2 is 1.89 bits per heavy atom. The number of benzene rings is 2. The number of carbonyl (C=O) groups excluding carboxylic acids is 1. The van der Waals surface area contributed by atoms with Crippen LogP contribution < -0.4 is 0 Å². The van der Waals surface area contributed by atoms with E-state index in [0.29, 0.717) is 16.7 Å². The van der Waals surface area contributed by atoms with Gasteiger partial charge in [0.25, 0.3) is 0 Å². The first-order valence-electron chi connectivity index (χ1n) is 8.85. The molecule has 0 radical (unpaired) electrons. The fourth-order valence-corrected chi connectivity index (χ4v) is 3.31. The van der Waals surface area contributed by atoms with Crippen molar-refractivity contribution < 1.29 is 23.1 Å². The maximum atomic E-state index is 13.8. The van der Waals surface area contributed by atoms with Gasteiger partial charge in [-0.15, -0.1) is 0 Å². The first kappa shape index (κ1) is 17.7. The Morgan fingerprint density at radius 1 is 1.15 bits per heavy atom. The first-order valence-corrected chi connectivity index (χ1v) is 8.85. The van der Waals surface area contributed by atoms with Crippen molar-refractivity contribution in [1.82, 2.24) is 4.90 Å². The molecule has 1 saturated heterocycles. The number of ether oxygens (including phenoxy) is 2. The maximum Gasteiger partial charge on any atom is 0.341 e. The molecule has 1 aromatic heterocycles. The lowest BCUT2D eigenvalue weighted by molar-refractivity contribution is 0.0342. The average molecular weight is 369 g/mol. The summed E-state index contributed by atoms with van der Waals surface area (Å²) in [4.78, 5) is 14.2. The molecule has 27 heavy (non-hydrogen) atoms. The van der Waals surface area contributed by atoms with Gasteiger partial charge in [0.2, 0.25) is 0 Å². The second-order valence-corrected chi connectivity index (χ2v) is 6.56. The summed E-state index contributed by atoms with van der Waals surface area (Å²) in [6, 6.07) is 12.3. The topological polar surface area (TPSA) is 51.9 Å². The molecule has 0 aliphatic carbocycles. The first-order chi connectivity index (χ1) is 13.1. The van der Waals surface area contributed by atoms with Crippen LogP contribution in [0.25, 0.3) is 22.3 Å². The van der Waals surface area contributed by atoms with E-state index in [1.54, 1.807) is 6.07 Å². The molecule has 0 N–H and O–H groups in total. The monoisotopic (exact) mass is 369 g/mol. The molecule has 6 heteroatoms. The standard InChI is InChI=1S/C21H20FNO4/c1-25-21(24)18-12-17(22)10-16-11-19(27-20(16)18)15-4-2-14(3-5-15)13-23-6-8-26-9-7-23/h2-5,10-12H,6-9,13H2,1H3. The number of methoxy groups -OCH3 is 1. The van der Waals surface area contributed by atoms with Gasteiger partial charge in [0.15, 0.2) is 0 Å². The third-order valence-electron chi connectivity index (χ3n) is 4.73. The average Bonchev–Trinajstić information content (AvgIpc) is 3.12. The van der Waals surface area contributed by atoms with E-state index < -0.39 is 11.8 Å². The van der Waals surface area contributed by atoms with Gasteiger partial charge in [-0.3, -0.25) is 4.90 Å². The van der Waals surface area contributed by atoms with E-state index in [4.69, 9.17) is 13.9 Å². The molecule has 4 rings (SSSR count). The Hall–Kier alpha value is -2.70. The van der Waals surface area contributed by atoms with Crippen molar-refractivity contribution in [2.24, 2.45) is 0 Å². The zero-order chi connectivity index (χ0) is 18.8. The third kappa shape index (κ3) is 3.72. The summed E-state index contributed by atoms with van der Waals surface area (Å²) in [6.45, 7) is 4.30. The molecule has 0 bridgehead atoms. The highest BCUT2D eigenvalue weighted by molar-refractivity contribution is 6.03. The van der Waals surface area contributed by atoms with E-state index in [0.717, 1.165) is 44.5 Å². The van der Waals surface area contributed by atoms with Crippen LogP contribution in [0.3, 0.4) is 0 Å². The van der Waals surface area contributed by atoms with Gasteiger partial charge in [-0.25, -0.2) is 9.18 Å². The number of hydrogen-bond donors (Lipinski definition) is 0. The van der Waals surface area contributed by atoms with Gasteiger partial charge in [0, 0.05) is 30.6 Å². The van der Waals surface area contributed by atoms with Gasteiger partial charge in [-0.2, -0.15) is 0 Å². The molecule has 1 fully saturated rings. The summed E-state index contributed by atoms with van der Waals surface area (Å²) in [6.07, 6.45) is 0. The van der Waals surface area contributed by atoms with Gasteiger partial charge in [-0.05, 0) is 23.8 Å². The molecular weight excluding hydrogens is 349 g/mol. The van der Waals surface area contributed by atoms with E-state index in [2.05, 4.69) is 17.0 Å². The predicted molar refractivity (Wildman–Crippen MR) is 99.0 cm³/mol. The largest absolute Gasteiger partial charge is 0.465 e. The number of esters is 1. The lowest BCUT2D eigenvalue weighted by atomic mass is 10.1. The Bertz CT molecular complexity index is 958. The number of carbonyl (C=O) groups is 1. The van der Waals surface area contributed by atoms with Gasteiger partial charge in [0.05, 0.1) is 20.3 Å². The van der Waals surface area contributed by atoms with Gasteiger partial charge in [-0.1, -0.05) is 24.3 Å². The molecule has 0 amide bonds. The van der Waals surface area contributed by atoms with Crippen molar-refractivity contribution in [2.45, 2.75) is 6.54 Å². The lowest BCUT2D eigenvalue weighted by Gasteiger charge is -2.26. The molecular formula is C21H20FNO4. The molecule has 1 aliphatic heterocycles. The minimum Gasteiger partial charge on any atom is -0.465 e. The minimum absolute atomic E-state index is 0.0858. The number of rotatable bonds is 4. The van der Waals surface area contributed by atoms with E-state index in [9.17, 15) is 9.18 Å². The van der Waals surface area contributed by atoms with Crippen LogP contribution >= 0.6 is 0 Å². The van der Waals surface area contributed by atoms with Crippen LogP contribution in [0.2, 0.25) is 0 Å². The molecule has 0 unspecified atom stereocenters. The van der Waals surface area contributed by atoms with Crippen molar-refractivity contribution in [2.75, 3.05) is 33.4 Å². The Morgan fingerprint density at radius 3 is 2.59 bits per heavy atom. The quantitative estimate of drug-likeness (QED) is 0.654. The Labute approximate surface area is 156 Å². The van der Waals surface area contributed by atoms with E-state index in [1.807, 2.05) is 12.1 Å². The molecule has 2 heterocycles. The molecule has 3 aromatic rings. The second kappa shape index (κ2) is 7.50. The summed E-state index contributed by atoms with van der Waals surface area (Å²) in [7, 11) is 1.26. The van der Waals surface area contributed by atoms with Crippen LogP contribution in [-0.2, 0) is 16.0 Å². The van der Waals surface area contributed by atoms with Crippen molar-refractivity contribution >= 4 is 16.9 Å². The van der Waals surface area contributed by atoms with Crippen LogP contribution in [0.15, 0.2) is 46.9 Å². The molecule has 0 spiro atoms. The molecule has 0 atom stereocenters. The smallest absolute Gasteiger partial charge is 0.341 e. The van der Waals surface area contributed by atoms with Gasteiger partial charge >= 0.3 is 5.97 Å². The molecule has 1 aliphatic rings.